The van der Waals surface area contributed by atoms with Crippen LogP contribution in [0.4, 0.5) is 17.1 Å². The second-order valence-corrected chi connectivity index (χ2v) is 6.58. The highest BCUT2D eigenvalue weighted by Crippen LogP contribution is 2.41. The number of rotatable bonds is 2. The Morgan fingerprint density at radius 1 is 1.20 bits per heavy atom. The van der Waals surface area contributed by atoms with Crippen LogP contribution in [0.15, 0.2) is 24.3 Å². The van der Waals surface area contributed by atoms with Crippen molar-refractivity contribution in [2.75, 3.05) is 28.0 Å². The van der Waals surface area contributed by atoms with Crippen molar-refractivity contribution in [3.63, 3.8) is 0 Å². The molecule has 0 unspecified atom stereocenters. The lowest BCUT2D eigenvalue weighted by Gasteiger charge is -2.13. The van der Waals surface area contributed by atoms with E-state index in [1.807, 2.05) is 6.92 Å². The Labute approximate surface area is 118 Å². The molecule has 1 amide bonds. The average Bonchev–Trinajstić information content (AvgIpc) is 2.53. The van der Waals surface area contributed by atoms with Crippen LogP contribution in [0, 0.1) is 6.92 Å². The predicted molar refractivity (Wildman–Crippen MR) is 80.3 cm³/mol. The monoisotopic (exact) mass is 295 g/mol. The number of allylic oxidation sites excluding steroid dienone is 1. The molecule has 1 N–H and O–H groups in total. The van der Waals surface area contributed by atoms with Crippen molar-refractivity contribution in [3.8, 4) is 0 Å². The summed E-state index contributed by atoms with van der Waals surface area (Å²) in [4.78, 5) is 11.6. The highest BCUT2D eigenvalue weighted by Gasteiger charge is 2.35. The highest BCUT2D eigenvalue weighted by molar-refractivity contribution is 7.94. The Morgan fingerprint density at radius 2 is 1.75 bits per heavy atom. The van der Waals surface area contributed by atoms with Crippen LogP contribution in [0.25, 0.3) is 0 Å². The van der Waals surface area contributed by atoms with Crippen molar-refractivity contribution in [1.82, 2.24) is 0 Å². The van der Waals surface area contributed by atoms with Gasteiger partial charge >= 0.3 is 10.2 Å². The zero-order chi connectivity index (χ0) is 15.1. The minimum atomic E-state index is -3.50. The molecule has 1 aliphatic heterocycles. The molecular formula is C13H17N3O3S. The molecule has 6 nitrogen and oxygen atoms in total. The van der Waals surface area contributed by atoms with Crippen molar-refractivity contribution in [1.29, 1.82) is 0 Å². The molecule has 0 aromatic heterocycles. The number of fused-ring (bicyclic) bond motifs is 1. The van der Waals surface area contributed by atoms with Gasteiger partial charge in [0.05, 0.1) is 11.4 Å². The number of carbonyl (C=O) groups is 1. The lowest BCUT2D eigenvalue weighted by Crippen LogP contribution is -2.32. The van der Waals surface area contributed by atoms with Crippen LogP contribution in [-0.2, 0) is 15.0 Å². The van der Waals surface area contributed by atoms with Gasteiger partial charge < -0.3 is 5.32 Å². The molecule has 2 rings (SSSR count). The third kappa shape index (κ3) is 2.14. The van der Waals surface area contributed by atoms with Crippen molar-refractivity contribution in [3.05, 3.63) is 29.8 Å². The predicted octanol–water partition coefficient (Wildman–Crippen LogP) is 1.64. The van der Waals surface area contributed by atoms with Crippen LogP contribution >= 0.6 is 0 Å². The third-order valence-corrected chi connectivity index (χ3v) is 5.05. The second-order valence-electron chi connectivity index (χ2n) is 4.59. The Kier molecular flexibility index (Phi) is 3.47. The number of benzene rings is 1. The number of nitrogens with one attached hydrogen (secondary N) is 1. The van der Waals surface area contributed by atoms with E-state index in [1.54, 1.807) is 25.1 Å². The quantitative estimate of drug-likeness (QED) is 0.843. The molecule has 1 aliphatic rings. The maximum absolute atomic E-state index is 12.1. The topological polar surface area (TPSA) is 69.7 Å². The van der Waals surface area contributed by atoms with E-state index in [1.165, 1.54) is 28.8 Å². The number of amides is 1. The van der Waals surface area contributed by atoms with Gasteiger partial charge in [0.25, 0.3) is 0 Å². The summed E-state index contributed by atoms with van der Waals surface area (Å²) in [5, 5.41) is 2.74. The Bertz CT molecular complexity index is 695. The molecule has 0 aliphatic carbocycles. The molecule has 0 saturated heterocycles. The third-order valence-electron chi connectivity index (χ3n) is 3.27. The molecule has 0 fully saturated rings. The van der Waals surface area contributed by atoms with Crippen molar-refractivity contribution in [2.45, 2.75) is 13.8 Å². The molecule has 1 aromatic carbocycles. The van der Waals surface area contributed by atoms with E-state index in [-0.39, 0.29) is 5.91 Å². The molecule has 7 heteroatoms. The smallest absolute Gasteiger partial charge is 0.322 e. The lowest BCUT2D eigenvalue weighted by atomic mass is 10.1. The molecule has 108 valence electrons. The van der Waals surface area contributed by atoms with Crippen molar-refractivity contribution < 1.29 is 13.2 Å². The molecule has 0 atom stereocenters. The zero-order valence-corrected chi connectivity index (χ0v) is 12.7. The van der Waals surface area contributed by atoms with E-state index < -0.39 is 10.2 Å². The first-order valence-corrected chi connectivity index (χ1v) is 7.50. The highest BCUT2D eigenvalue weighted by atomic mass is 32.2. The number of aryl methyl sites for hydroxylation is 1. The Hall–Kier alpha value is -2.02. The molecule has 0 spiro atoms. The van der Waals surface area contributed by atoms with Gasteiger partial charge in [-0.05, 0) is 37.6 Å². The molecule has 1 heterocycles. The van der Waals surface area contributed by atoms with Gasteiger partial charge in [0.15, 0.2) is 0 Å². The molecule has 1 aromatic rings. The van der Waals surface area contributed by atoms with Crippen molar-refractivity contribution in [2.24, 2.45) is 0 Å². The summed E-state index contributed by atoms with van der Waals surface area (Å²) in [6.07, 6.45) is 3.06. The van der Waals surface area contributed by atoms with Crippen LogP contribution in [0.3, 0.4) is 0 Å². The van der Waals surface area contributed by atoms with Gasteiger partial charge in [0.1, 0.15) is 0 Å². The van der Waals surface area contributed by atoms with Crippen LogP contribution in [0.1, 0.15) is 12.5 Å². The summed E-state index contributed by atoms with van der Waals surface area (Å²) in [5.41, 5.74) is 2.56. The summed E-state index contributed by atoms with van der Waals surface area (Å²) in [6, 6.07) is 3.43. The summed E-state index contributed by atoms with van der Waals surface area (Å²) >= 11 is 0. The minimum Gasteiger partial charge on any atom is -0.322 e. The van der Waals surface area contributed by atoms with E-state index in [9.17, 15) is 13.2 Å². The fourth-order valence-electron chi connectivity index (χ4n) is 2.08. The van der Waals surface area contributed by atoms with Crippen LogP contribution < -0.4 is 13.9 Å². The van der Waals surface area contributed by atoms with E-state index >= 15 is 0 Å². The maximum atomic E-state index is 12.1. The van der Waals surface area contributed by atoms with Gasteiger partial charge in [-0.15, -0.1) is 0 Å². The molecule has 0 bridgehead atoms. The van der Waals surface area contributed by atoms with Gasteiger partial charge in [-0.25, -0.2) is 0 Å². The molecule has 0 radical (unpaired) electrons. The normalized spacial score (nSPS) is 16.6. The summed E-state index contributed by atoms with van der Waals surface area (Å²) in [6.45, 7) is 3.58. The van der Waals surface area contributed by atoms with Gasteiger partial charge in [-0.2, -0.15) is 8.42 Å². The number of anilines is 3. The summed E-state index contributed by atoms with van der Waals surface area (Å²) < 4.78 is 26.5. The minimum absolute atomic E-state index is 0.243. The average molecular weight is 295 g/mol. The fourth-order valence-corrected chi connectivity index (χ4v) is 3.24. The second kappa shape index (κ2) is 4.82. The summed E-state index contributed by atoms with van der Waals surface area (Å²) in [5.74, 6) is -0.243. The number of hydrogen-bond acceptors (Lipinski definition) is 3. The van der Waals surface area contributed by atoms with Crippen LogP contribution in [-0.4, -0.2) is 28.4 Å². The standard InChI is InChI=1S/C13H17N3O3S/c1-5-6-13(17)14-10-8-12-11(7-9(10)2)15(3)20(18,19)16(12)4/h5-8H,1-4H3,(H,14,17). The van der Waals surface area contributed by atoms with E-state index in [4.69, 9.17) is 0 Å². The fraction of sp³-hybridized carbons (Fsp3) is 0.308. The van der Waals surface area contributed by atoms with Crippen LogP contribution in [0.2, 0.25) is 0 Å². The van der Waals surface area contributed by atoms with Gasteiger partial charge in [-0.1, -0.05) is 6.08 Å². The number of carbonyl (C=O) groups excluding carboxylic acids is 1. The van der Waals surface area contributed by atoms with E-state index in [2.05, 4.69) is 5.32 Å². The SMILES string of the molecule is CC=CC(=O)Nc1cc2c(cc1C)N(C)S(=O)(=O)N2C. The van der Waals surface area contributed by atoms with Crippen LogP contribution in [0.5, 0.6) is 0 Å². The lowest BCUT2D eigenvalue weighted by molar-refractivity contribution is -0.111. The first-order chi connectivity index (χ1) is 9.28. The maximum Gasteiger partial charge on any atom is 0.326 e. The van der Waals surface area contributed by atoms with Crippen molar-refractivity contribution >= 4 is 33.2 Å². The summed E-state index contributed by atoms with van der Waals surface area (Å²) in [7, 11) is -0.495. The number of nitrogens with zero attached hydrogens (tertiary/aromatic N) is 2. The number of hydrogen-bond donors (Lipinski definition) is 1. The zero-order valence-electron chi connectivity index (χ0n) is 11.8. The molecule has 20 heavy (non-hydrogen) atoms. The molecule has 0 saturated carbocycles. The van der Waals surface area contributed by atoms with Gasteiger partial charge in [0, 0.05) is 19.8 Å². The molecular weight excluding hydrogens is 278 g/mol. The Balaban J connectivity index is 2.48. The first-order valence-electron chi connectivity index (χ1n) is 6.10. The first kappa shape index (κ1) is 14.4. The van der Waals surface area contributed by atoms with Gasteiger partial charge in [-0.3, -0.25) is 13.4 Å². The van der Waals surface area contributed by atoms with Gasteiger partial charge in [0.2, 0.25) is 5.91 Å². The largest absolute Gasteiger partial charge is 0.326 e. The Morgan fingerprint density at radius 3 is 2.30 bits per heavy atom. The van der Waals surface area contributed by atoms with E-state index in [0.29, 0.717) is 17.1 Å². The van der Waals surface area contributed by atoms with E-state index in [0.717, 1.165) is 5.56 Å².